The first-order valence-corrected chi connectivity index (χ1v) is 14.7. The fourth-order valence-electron chi connectivity index (χ4n) is 19.0. The van der Waals surface area contributed by atoms with Gasteiger partial charge in [0.2, 0.25) is 0 Å². The molecule has 10 aliphatic rings. The molecule has 5 atom stereocenters. The van der Waals surface area contributed by atoms with Crippen LogP contribution in [0.2, 0.25) is 42.8 Å². The number of benzene rings is 1. The van der Waals surface area contributed by atoms with Crippen molar-refractivity contribution in [2.75, 3.05) is 0 Å². The first kappa shape index (κ1) is 8.13. The van der Waals surface area contributed by atoms with Gasteiger partial charge in [0.15, 0.2) is 0 Å². The van der Waals surface area contributed by atoms with Crippen molar-refractivity contribution in [3.05, 3.63) is 48.0 Å². The number of carbonyl (C=O) groups is 1. The van der Waals surface area contributed by atoms with Crippen molar-refractivity contribution in [1.29, 1.82) is 0 Å². The van der Waals surface area contributed by atoms with E-state index in [1.54, 1.807) is 0 Å². The molecule has 1 aromatic carbocycles. The zero-order valence-corrected chi connectivity index (χ0v) is 12.7. The quantitative estimate of drug-likeness (QED) is 0.442. The Morgan fingerprint density at radius 1 is 1.00 bits per heavy atom. The zero-order chi connectivity index (χ0) is 13.3. The van der Waals surface area contributed by atoms with Crippen molar-refractivity contribution in [2.45, 2.75) is 47.2 Å². The average Bonchev–Trinajstić information content (AvgIpc) is 3.47. The third-order valence-electron chi connectivity index (χ3n) is 16.8. The van der Waals surface area contributed by atoms with Gasteiger partial charge in [-0.2, -0.15) is 0 Å². The summed E-state index contributed by atoms with van der Waals surface area (Å²) >= 11 is 0. The van der Waals surface area contributed by atoms with Crippen LogP contribution in [0.25, 0.3) is 0 Å². The van der Waals surface area contributed by atoms with E-state index in [9.17, 15) is 4.79 Å². The topological polar surface area (TPSA) is 17.1 Å². The van der Waals surface area contributed by atoms with Crippen molar-refractivity contribution >= 4 is 6.29 Å². The molecule has 0 aromatic heterocycles. The Hall–Kier alpha value is -0.851. The van der Waals surface area contributed by atoms with E-state index >= 15 is 0 Å². The number of hydrogen-bond donors (Lipinski definition) is 0. The van der Waals surface area contributed by atoms with Gasteiger partial charge in [-0.1, -0.05) is 0 Å². The van der Waals surface area contributed by atoms with Crippen LogP contribution in [0.5, 0.6) is 0 Å². The molecule has 1 aromatic rings. The Morgan fingerprint density at radius 3 is 2.14 bits per heavy atom. The zero-order valence-electron chi connectivity index (χ0n) is 11.6. The van der Waals surface area contributed by atoms with Gasteiger partial charge in [0, 0.05) is 0 Å². The molecule has 10 aliphatic heterocycles. The molecule has 0 aliphatic carbocycles. The van der Waals surface area contributed by atoms with Gasteiger partial charge < -0.3 is 0 Å². The van der Waals surface area contributed by atoms with Gasteiger partial charge in [0.1, 0.15) is 0 Å². The summed E-state index contributed by atoms with van der Waals surface area (Å²) in [5.41, 5.74) is 2.56. The van der Waals surface area contributed by atoms with E-state index in [2.05, 4.69) is 36.9 Å². The van der Waals surface area contributed by atoms with E-state index in [-0.39, 0.29) is 0 Å². The maximum atomic E-state index is 11.7. The summed E-state index contributed by atoms with van der Waals surface area (Å²) < 4.78 is 1.20. The summed E-state index contributed by atoms with van der Waals surface area (Å²) in [6, 6.07) is 8.70. The van der Waals surface area contributed by atoms with Crippen LogP contribution in [0, 0.1) is 0 Å². The molecule has 0 bridgehead atoms. The normalized spacial score (nSPS) is 102. The first-order chi connectivity index (χ1) is 10.1. The predicted molar refractivity (Wildman–Crippen MR) is 76.4 cm³/mol. The Labute approximate surface area is 113 Å². The number of carbonyl (C=O) groups excluding carboxylic acids is 1. The van der Waals surface area contributed by atoms with E-state index in [1.165, 1.54) is 39.3 Å². The monoisotopic (exact) mass is 316 g/mol. The fourth-order valence-corrected chi connectivity index (χ4v) is 94.9. The Kier molecular flexibility index (Phi) is 0.288. The molecular weight excluding hydrogens is 300 g/mol. The molecule has 0 N–H and O–H groups in total. The molecule has 5 unspecified atom stereocenters. The Balaban J connectivity index is 1.55. The second kappa shape index (κ2) is 0.743. The Bertz CT molecular complexity index is 1300. The second-order valence-corrected chi connectivity index (χ2v) is 35.0. The van der Waals surface area contributed by atoms with Crippen LogP contribution in [0.15, 0.2) is 36.9 Å². The van der Waals surface area contributed by atoms with Gasteiger partial charge in [-0.25, -0.2) is 0 Å². The van der Waals surface area contributed by atoms with Gasteiger partial charge in [0.25, 0.3) is 0 Å². The Morgan fingerprint density at radius 2 is 1.67 bits per heavy atom. The summed E-state index contributed by atoms with van der Waals surface area (Å²) in [5.74, 6) is 0. The summed E-state index contributed by atoms with van der Waals surface area (Å²) in [5, 5.41) is 0. The number of fused-ring (bicyclic) bond motifs is 10. The van der Waals surface area contributed by atoms with Crippen molar-refractivity contribution in [2.24, 2.45) is 0 Å². The molecule has 10 heterocycles. The molecule has 10 fully saturated rings. The molecule has 21 heavy (non-hydrogen) atoms. The van der Waals surface area contributed by atoms with Crippen molar-refractivity contribution in [1.82, 2.24) is 0 Å². The van der Waals surface area contributed by atoms with Gasteiger partial charge in [0.05, 0.1) is 0 Å². The molecule has 0 saturated carbocycles. The molecule has 0 amide bonds. The van der Waals surface area contributed by atoms with Gasteiger partial charge in [-0.05, 0) is 0 Å². The van der Waals surface area contributed by atoms with Crippen LogP contribution in [0.3, 0.4) is 0 Å². The number of hydrogen-bond acceptors (Lipinski definition) is 1. The SMILES string of the molecule is C=C[C]12[CH]3[CH]4[CH]5[C]1(c1ccccc1C=O)[Fe]43521678[CH]2[CH]1[CH]6[CH]7[CH]28. The standard InChI is InChI=1S/C14H11O.C5H5.Fe/c1-2-11-7-5-9-13(11)14-8-4-3-6-12(14)10-15;1-2-4-5-3-1;/h2-10H,1H2;1-5H;. The van der Waals surface area contributed by atoms with Crippen LogP contribution in [0.4, 0.5) is 0 Å². The second-order valence-electron chi connectivity index (χ2n) is 11.7. The van der Waals surface area contributed by atoms with Crippen LogP contribution in [-0.4, -0.2) is 6.29 Å². The first-order valence-electron chi connectivity index (χ1n) is 8.45. The summed E-state index contributed by atoms with van der Waals surface area (Å²) in [6.45, 7) is 1.05. The fraction of sp³-hybridized carbons (Fsp3) is 0.526. The number of allylic oxidation sites excluding steroid dienone is 1. The minimum absolute atomic E-state index is 0.575. The summed E-state index contributed by atoms with van der Waals surface area (Å²) in [4.78, 5) is 21.6. The average molecular weight is 316 g/mol. The predicted octanol–water partition coefficient (Wildman–Crippen LogP) is 4.85. The molecule has 10 saturated heterocycles. The maximum absolute atomic E-state index is 11.7. The number of aldehydes is 1. The molecule has 2 heteroatoms. The molecule has 11 rings (SSSR count). The van der Waals surface area contributed by atoms with Crippen LogP contribution in [0.1, 0.15) is 15.9 Å². The van der Waals surface area contributed by atoms with Crippen LogP contribution < -0.4 is 0 Å². The van der Waals surface area contributed by atoms with Crippen LogP contribution in [-0.2, 0) is 10.8 Å². The van der Waals surface area contributed by atoms with Gasteiger partial charge in [-0.15, -0.1) is 0 Å². The number of rotatable bonds is 3. The van der Waals surface area contributed by atoms with E-state index in [0.717, 1.165) is 16.7 Å². The molecule has 1 nitrogen and oxygen atoms in total. The molecule has 106 valence electrons. The van der Waals surface area contributed by atoms with E-state index < -0.39 is 6.51 Å². The van der Waals surface area contributed by atoms with E-state index in [1.807, 2.05) is 0 Å². The third-order valence-corrected chi connectivity index (χ3v) is 59.7. The molecular formula is C19H16FeO. The minimum atomic E-state index is -3.38. The van der Waals surface area contributed by atoms with Crippen molar-refractivity contribution in [3.8, 4) is 0 Å². The van der Waals surface area contributed by atoms with Crippen LogP contribution >= 0.6 is 0 Å². The molecule has 1 spiro atoms. The van der Waals surface area contributed by atoms with Crippen molar-refractivity contribution < 1.29 is 11.3 Å². The summed E-state index contributed by atoms with van der Waals surface area (Å²) in [6.07, 6.45) is 3.66. The van der Waals surface area contributed by atoms with Crippen molar-refractivity contribution in [3.63, 3.8) is 0 Å². The van der Waals surface area contributed by atoms with Gasteiger partial charge in [-0.3, -0.25) is 0 Å². The molecule has 0 radical (unpaired) electrons. The summed E-state index contributed by atoms with van der Waals surface area (Å²) in [7, 11) is 0. The van der Waals surface area contributed by atoms with E-state index in [0.29, 0.717) is 8.63 Å². The van der Waals surface area contributed by atoms with E-state index in [4.69, 9.17) is 0 Å². The third kappa shape index (κ3) is 0.0915. The van der Waals surface area contributed by atoms with Gasteiger partial charge >= 0.3 is 113 Å².